The molecule has 1 aromatic rings. The Kier molecular flexibility index (Phi) is 5.90. The number of aryl methyl sites for hydroxylation is 2. The number of aliphatic hydroxyl groups excluding tert-OH is 1. The lowest BCUT2D eigenvalue weighted by atomic mass is 10.2. The van der Waals surface area contributed by atoms with Crippen LogP contribution in [0.15, 0.2) is 9.31 Å². The topological polar surface area (TPSA) is 117 Å². The Hall–Kier alpha value is -1.42. The highest BCUT2D eigenvalue weighted by Crippen LogP contribution is 2.29. The number of sulfonamides is 1. The number of hydrogen-bond donors (Lipinski definition) is 2. The normalized spacial score (nSPS) is 12.0. The zero-order chi connectivity index (χ0) is 16.2. The lowest BCUT2D eigenvalue weighted by Crippen LogP contribution is -2.37. The highest BCUT2D eigenvalue weighted by molar-refractivity contribution is 7.89. The van der Waals surface area contributed by atoms with Crippen molar-refractivity contribution in [3.8, 4) is 0 Å². The van der Waals surface area contributed by atoms with Gasteiger partial charge in [-0.2, -0.15) is 4.31 Å². The lowest BCUT2D eigenvalue weighted by Gasteiger charge is -2.20. The van der Waals surface area contributed by atoms with Crippen molar-refractivity contribution in [2.24, 2.45) is 0 Å². The number of carboxylic acids is 1. The number of nitrogens with zero attached hydrogens (tertiary/aromatic N) is 1. The van der Waals surface area contributed by atoms with Crippen LogP contribution in [0.1, 0.15) is 21.9 Å². The van der Waals surface area contributed by atoms with Crippen LogP contribution in [-0.4, -0.2) is 62.3 Å². The fraction of sp³-hybridized carbons (Fsp3) is 0.583. The van der Waals surface area contributed by atoms with E-state index in [4.69, 9.17) is 14.3 Å². The summed E-state index contributed by atoms with van der Waals surface area (Å²) in [5.41, 5.74) is -0.382. The number of methoxy groups -OCH3 is 1. The first-order valence-corrected chi connectivity index (χ1v) is 7.64. The van der Waals surface area contributed by atoms with E-state index >= 15 is 0 Å². The molecule has 1 rings (SSSR count). The number of aromatic carboxylic acids is 1. The summed E-state index contributed by atoms with van der Waals surface area (Å²) in [6.45, 7) is 2.36. The number of ether oxygens (including phenoxy) is 1. The number of furan rings is 1. The minimum Gasteiger partial charge on any atom is -0.478 e. The predicted octanol–water partition coefficient (Wildman–Crippen LogP) is 0.224. The fourth-order valence-corrected chi connectivity index (χ4v) is 3.80. The highest BCUT2D eigenvalue weighted by atomic mass is 32.2. The average Bonchev–Trinajstić information content (AvgIpc) is 2.69. The van der Waals surface area contributed by atoms with Gasteiger partial charge in [0.2, 0.25) is 10.0 Å². The number of aliphatic hydroxyl groups is 1. The van der Waals surface area contributed by atoms with Gasteiger partial charge in [0.15, 0.2) is 0 Å². The van der Waals surface area contributed by atoms with Gasteiger partial charge in [-0.3, -0.25) is 0 Å². The van der Waals surface area contributed by atoms with E-state index in [1.165, 1.54) is 21.0 Å². The van der Waals surface area contributed by atoms with Gasteiger partial charge in [-0.1, -0.05) is 0 Å². The third kappa shape index (κ3) is 3.62. The molecule has 0 radical (unpaired) electrons. The van der Waals surface area contributed by atoms with E-state index in [0.717, 1.165) is 4.31 Å². The van der Waals surface area contributed by atoms with E-state index in [1.54, 1.807) is 0 Å². The van der Waals surface area contributed by atoms with E-state index in [1.807, 2.05) is 0 Å². The molecule has 2 N–H and O–H groups in total. The molecule has 1 aromatic heterocycles. The van der Waals surface area contributed by atoms with Crippen LogP contribution >= 0.6 is 0 Å². The number of rotatable bonds is 8. The molecule has 0 bridgehead atoms. The van der Waals surface area contributed by atoms with Crippen LogP contribution in [0.5, 0.6) is 0 Å². The van der Waals surface area contributed by atoms with Crippen LogP contribution in [0.25, 0.3) is 0 Å². The third-order valence-corrected chi connectivity index (χ3v) is 4.96. The zero-order valence-corrected chi connectivity index (χ0v) is 12.9. The van der Waals surface area contributed by atoms with Gasteiger partial charge >= 0.3 is 5.97 Å². The van der Waals surface area contributed by atoms with Crippen molar-refractivity contribution >= 4 is 16.0 Å². The van der Waals surface area contributed by atoms with E-state index < -0.39 is 16.0 Å². The summed E-state index contributed by atoms with van der Waals surface area (Å²) in [5.74, 6) is -1.35. The maximum atomic E-state index is 12.6. The Labute approximate surface area is 123 Å². The molecule has 0 atom stereocenters. The molecule has 1 heterocycles. The van der Waals surface area contributed by atoms with E-state index in [9.17, 15) is 18.3 Å². The molecule has 0 aliphatic rings. The zero-order valence-electron chi connectivity index (χ0n) is 12.1. The van der Waals surface area contributed by atoms with Gasteiger partial charge in [0.05, 0.1) is 13.2 Å². The van der Waals surface area contributed by atoms with E-state index in [2.05, 4.69) is 0 Å². The van der Waals surface area contributed by atoms with Gasteiger partial charge in [0, 0.05) is 20.2 Å². The molecule has 9 heteroatoms. The summed E-state index contributed by atoms with van der Waals surface area (Å²) < 4.78 is 36.2. The van der Waals surface area contributed by atoms with Crippen molar-refractivity contribution in [1.29, 1.82) is 0 Å². The Balaban J connectivity index is 3.37. The fourth-order valence-electron chi connectivity index (χ4n) is 2.01. The second-order valence-electron chi connectivity index (χ2n) is 4.34. The quantitative estimate of drug-likeness (QED) is 0.703. The molecule has 8 nitrogen and oxygen atoms in total. The van der Waals surface area contributed by atoms with Gasteiger partial charge in [-0.15, -0.1) is 0 Å². The Morgan fingerprint density at radius 2 is 1.90 bits per heavy atom. The number of carboxylic acid groups (broad SMARTS) is 1. The Bertz CT molecular complexity index is 605. The van der Waals surface area contributed by atoms with Crippen LogP contribution in [0.4, 0.5) is 0 Å². The van der Waals surface area contributed by atoms with Gasteiger partial charge < -0.3 is 19.4 Å². The summed E-state index contributed by atoms with van der Waals surface area (Å²) in [5, 5.41) is 18.2. The van der Waals surface area contributed by atoms with Crippen molar-refractivity contribution < 1.29 is 32.6 Å². The lowest BCUT2D eigenvalue weighted by molar-refractivity contribution is 0.0691. The summed E-state index contributed by atoms with van der Waals surface area (Å²) in [6.07, 6.45) is 0. The molecule has 0 aliphatic heterocycles. The summed E-state index contributed by atoms with van der Waals surface area (Å²) in [4.78, 5) is 10.9. The predicted molar refractivity (Wildman–Crippen MR) is 72.9 cm³/mol. The highest BCUT2D eigenvalue weighted by Gasteiger charge is 2.34. The van der Waals surface area contributed by atoms with Crippen LogP contribution in [0, 0.1) is 13.8 Å². The smallest absolute Gasteiger partial charge is 0.340 e. The van der Waals surface area contributed by atoms with Crippen LogP contribution < -0.4 is 0 Å². The van der Waals surface area contributed by atoms with Crippen molar-refractivity contribution in [2.75, 3.05) is 33.4 Å². The molecule has 0 saturated heterocycles. The van der Waals surface area contributed by atoms with Gasteiger partial charge in [0.1, 0.15) is 22.0 Å². The van der Waals surface area contributed by atoms with Crippen molar-refractivity contribution in [1.82, 2.24) is 4.31 Å². The van der Waals surface area contributed by atoms with Crippen molar-refractivity contribution in [2.45, 2.75) is 18.7 Å². The number of hydrogen-bond acceptors (Lipinski definition) is 6. The average molecular weight is 321 g/mol. The third-order valence-electron chi connectivity index (χ3n) is 2.91. The maximum Gasteiger partial charge on any atom is 0.340 e. The molecule has 21 heavy (non-hydrogen) atoms. The minimum atomic E-state index is -4.10. The second-order valence-corrected chi connectivity index (χ2v) is 6.22. The molecular formula is C12H19NO7S. The van der Waals surface area contributed by atoms with Crippen molar-refractivity contribution in [3.05, 3.63) is 17.1 Å². The summed E-state index contributed by atoms with van der Waals surface area (Å²) in [7, 11) is -2.69. The second kappa shape index (κ2) is 7.03. The minimum absolute atomic E-state index is 0.00210. The van der Waals surface area contributed by atoms with Gasteiger partial charge in [-0.25, -0.2) is 13.2 Å². The first-order chi connectivity index (χ1) is 9.77. The Morgan fingerprint density at radius 1 is 1.29 bits per heavy atom. The molecule has 0 unspecified atom stereocenters. The molecule has 0 amide bonds. The Morgan fingerprint density at radius 3 is 2.38 bits per heavy atom. The summed E-state index contributed by atoms with van der Waals surface area (Å²) >= 11 is 0. The molecule has 0 spiro atoms. The van der Waals surface area contributed by atoms with Gasteiger partial charge in [-0.05, 0) is 13.8 Å². The first kappa shape index (κ1) is 17.6. The SMILES string of the molecule is COCCN(CCO)S(=O)(=O)c1c(C)oc(C)c1C(=O)O. The molecule has 0 aromatic carbocycles. The van der Waals surface area contributed by atoms with Crippen LogP contribution in [0.2, 0.25) is 0 Å². The number of carbonyl (C=O) groups is 1. The van der Waals surface area contributed by atoms with E-state index in [-0.39, 0.29) is 48.3 Å². The van der Waals surface area contributed by atoms with Crippen LogP contribution in [-0.2, 0) is 14.8 Å². The summed E-state index contributed by atoms with van der Waals surface area (Å²) in [6, 6.07) is 0. The largest absolute Gasteiger partial charge is 0.478 e. The van der Waals surface area contributed by atoms with Gasteiger partial charge in [0.25, 0.3) is 0 Å². The molecule has 120 valence electrons. The standard InChI is InChI=1S/C12H19NO7S/c1-8-10(12(15)16)11(9(2)20-8)21(17,18)13(4-6-14)5-7-19-3/h14H,4-7H2,1-3H3,(H,15,16). The molecule has 0 fully saturated rings. The van der Waals surface area contributed by atoms with E-state index in [0.29, 0.717) is 0 Å². The maximum absolute atomic E-state index is 12.6. The molecular weight excluding hydrogens is 302 g/mol. The molecule has 0 saturated carbocycles. The van der Waals surface area contributed by atoms with Crippen molar-refractivity contribution in [3.63, 3.8) is 0 Å². The monoisotopic (exact) mass is 321 g/mol. The molecule has 0 aliphatic carbocycles. The van der Waals surface area contributed by atoms with Crippen LogP contribution in [0.3, 0.4) is 0 Å². The first-order valence-electron chi connectivity index (χ1n) is 6.20.